The van der Waals surface area contributed by atoms with Crippen LogP contribution in [0.3, 0.4) is 0 Å². The zero-order valence-corrected chi connectivity index (χ0v) is 28.2. The van der Waals surface area contributed by atoms with E-state index in [0.29, 0.717) is 17.6 Å². The lowest BCUT2D eigenvalue weighted by atomic mass is 9.97. The van der Waals surface area contributed by atoms with E-state index in [2.05, 4.69) is 35.6 Å². The molecule has 44 heavy (non-hydrogen) atoms. The van der Waals surface area contributed by atoms with Crippen LogP contribution in [0.1, 0.15) is 83.7 Å². The van der Waals surface area contributed by atoms with Gasteiger partial charge in [0.25, 0.3) is 0 Å². The van der Waals surface area contributed by atoms with Crippen molar-refractivity contribution in [3.63, 3.8) is 0 Å². The van der Waals surface area contributed by atoms with Crippen molar-refractivity contribution in [3.8, 4) is 17.2 Å². The van der Waals surface area contributed by atoms with Crippen LogP contribution < -0.4 is 0 Å². The fourth-order valence-corrected chi connectivity index (χ4v) is 3.94. The molecule has 5 nitrogen and oxygen atoms in total. The van der Waals surface area contributed by atoms with Crippen molar-refractivity contribution in [2.45, 2.75) is 87.8 Å². The predicted molar refractivity (Wildman–Crippen MR) is 176 cm³/mol. The lowest BCUT2D eigenvalue weighted by molar-refractivity contribution is -0.184. The summed E-state index contributed by atoms with van der Waals surface area (Å²) in [5.41, 5.74) is 6.59. The fourth-order valence-electron chi connectivity index (χ4n) is 3.94. The highest BCUT2D eigenvalue weighted by Crippen LogP contribution is 2.62. The van der Waals surface area contributed by atoms with E-state index in [1.54, 1.807) is 20.0 Å². The summed E-state index contributed by atoms with van der Waals surface area (Å²) in [5.74, 6) is 0.141. The van der Waals surface area contributed by atoms with Crippen molar-refractivity contribution in [3.05, 3.63) is 88.5 Å². The number of halogens is 3. The summed E-state index contributed by atoms with van der Waals surface area (Å²) in [7, 11) is 3.07. The van der Waals surface area contributed by atoms with Gasteiger partial charge >= 0.3 is 6.18 Å². The van der Waals surface area contributed by atoms with Gasteiger partial charge in [-0.25, -0.2) is 0 Å². The predicted octanol–water partition coefficient (Wildman–Crippen LogP) is 9.87. The maximum absolute atomic E-state index is 12.6. The number of carbonyl (C=O) groups is 1. The number of ether oxygens (including phenoxy) is 1. The number of hydrogen-bond acceptors (Lipinski definition) is 5. The smallest absolute Gasteiger partial charge is 0.401 e. The highest BCUT2D eigenvalue weighted by Gasteiger charge is 2.66. The van der Waals surface area contributed by atoms with Gasteiger partial charge in [-0.1, -0.05) is 50.3 Å². The number of rotatable bonds is 7. The van der Waals surface area contributed by atoms with Crippen molar-refractivity contribution in [2.24, 2.45) is 10.4 Å². The maximum Gasteiger partial charge on any atom is 0.401 e. The topological polar surface area (TPSA) is 75.3 Å². The van der Waals surface area contributed by atoms with Gasteiger partial charge < -0.3 is 4.74 Å². The number of ketones is 1. The standard InChI is InChI=1S/C17H16N2O.C10H13F3O.C7H13N.C2H6/c1-11-6-15(5-4-14(11)7-12(2)20)17-8-16(9-18)13(3)19-10-17;1-7(2)6-8(14-3)9(4-5-9)10(11,12)13;1-5-6(2)7(3)8-4;1-2/h4-6,8,10H,7H2,1-3H3;6H,1,4-5H2,2-3H3;5H,1-4H3;1-2H3/b;8-6-;6-5-,8-7?;. The van der Waals surface area contributed by atoms with E-state index in [1.807, 2.05) is 72.9 Å². The molecule has 0 radical (unpaired) electrons. The van der Waals surface area contributed by atoms with E-state index in [1.165, 1.54) is 18.8 Å². The molecular formula is C36H48F3N3O2. The molecule has 1 heterocycles. The van der Waals surface area contributed by atoms with Gasteiger partial charge in [0.2, 0.25) is 0 Å². The zero-order valence-electron chi connectivity index (χ0n) is 28.2. The fraction of sp³-hybridized carbons (Fsp3) is 0.444. The Hall–Kier alpha value is -3.99. The Kier molecular flexibility index (Phi) is 16.9. The number of nitriles is 1. The van der Waals surface area contributed by atoms with Crippen LogP contribution in [0.5, 0.6) is 0 Å². The number of hydrogen-bond donors (Lipinski definition) is 0. The van der Waals surface area contributed by atoms with Crippen molar-refractivity contribution in [2.75, 3.05) is 14.2 Å². The number of aromatic nitrogens is 1. The lowest BCUT2D eigenvalue weighted by Crippen LogP contribution is -2.27. The Morgan fingerprint density at radius 1 is 1.14 bits per heavy atom. The van der Waals surface area contributed by atoms with Crippen LogP contribution in [0.4, 0.5) is 13.2 Å². The molecule has 1 aliphatic rings. The molecule has 1 aromatic heterocycles. The number of nitrogens with zero attached hydrogens (tertiary/aromatic N) is 3. The Balaban J connectivity index is 0.000000671. The minimum atomic E-state index is -4.22. The summed E-state index contributed by atoms with van der Waals surface area (Å²) in [4.78, 5) is 19.5. The molecule has 1 aliphatic carbocycles. The second-order valence-electron chi connectivity index (χ2n) is 10.4. The van der Waals surface area contributed by atoms with Gasteiger partial charge in [0, 0.05) is 30.9 Å². The maximum atomic E-state index is 12.6. The summed E-state index contributed by atoms with van der Waals surface area (Å²) >= 11 is 0. The molecule has 0 saturated heterocycles. The number of methoxy groups -OCH3 is 1. The van der Waals surface area contributed by atoms with E-state index in [9.17, 15) is 18.0 Å². The highest BCUT2D eigenvalue weighted by atomic mass is 19.4. The summed E-state index contributed by atoms with van der Waals surface area (Å²) < 4.78 is 42.7. The zero-order chi connectivity index (χ0) is 34.3. The number of aliphatic imine (C=N–C) groups is 1. The molecule has 1 saturated carbocycles. The molecule has 1 fully saturated rings. The quantitative estimate of drug-likeness (QED) is 0.177. The molecule has 0 amide bonds. The Labute approximate surface area is 262 Å². The third-order valence-electron chi connectivity index (χ3n) is 7.02. The van der Waals surface area contributed by atoms with E-state index in [0.717, 1.165) is 33.7 Å². The van der Waals surface area contributed by atoms with Crippen LogP contribution in [0, 0.1) is 30.6 Å². The molecule has 0 aliphatic heterocycles. The third-order valence-corrected chi connectivity index (χ3v) is 7.02. The van der Waals surface area contributed by atoms with Gasteiger partial charge in [0.15, 0.2) is 0 Å². The molecule has 0 N–H and O–H groups in total. The van der Waals surface area contributed by atoms with Crippen LogP contribution in [-0.4, -0.2) is 36.8 Å². The number of aryl methyl sites for hydroxylation is 2. The summed E-state index contributed by atoms with van der Waals surface area (Å²) in [6.07, 6.45) is 1.66. The van der Waals surface area contributed by atoms with E-state index >= 15 is 0 Å². The van der Waals surface area contributed by atoms with Crippen molar-refractivity contribution in [1.29, 1.82) is 5.26 Å². The highest BCUT2D eigenvalue weighted by molar-refractivity contribution is 5.97. The van der Waals surface area contributed by atoms with E-state index in [-0.39, 0.29) is 24.4 Å². The second kappa shape index (κ2) is 18.6. The molecule has 1 aromatic carbocycles. The first kappa shape index (κ1) is 40.0. The van der Waals surface area contributed by atoms with Crippen LogP contribution in [0.2, 0.25) is 0 Å². The van der Waals surface area contributed by atoms with E-state index < -0.39 is 11.6 Å². The Morgan fingerprint density at radius 3 is 2.09 bits per heavy atom. The summed E-state index contributed by atoms with van der Waals surface area (Å²) in [5, 5.41) is 9.06. The average Bonchev–Trinajstić information content (AvgIpc) is 3.80. The first-order valence-electron chi connectivity index (χ1n) is 14.6. The number of carbonyl (C=O) groups excluding carboxylic acids is 1. The largest absolute Gasteiger partial charge is 0.500 e. The first-order chi connectivity index (χ1) is 20.6. The first-order valence-corrected chi connectivity index (χ1v) is 14.6. The van der Waals surface area contributed by atoms with Gasteiger partial charge in [0.1, 0.15) is 23.0 Å². The normalized spacial score (nSPS) is 13.9. The monoisotopic (exact) mass is 611 g/mol. The number of benzene rings is 1. The van der Waals surface area contributed by atoms with Gasteiger partial charge in [-0.15, -0.1) is 0 Å². The molecule has 2 aromatic rings. The van der Waals surface area contributed by atoms with Crippen LogP contribution in [-0.2, 0) is 16.0 Å². The van der Waals surface area contributed by atoms with Gasteiger partial charge in [0.05, 0.1) is 18.4 Å². The second-order valence-corrected chi connectivity index (χ2v) is 10.4. The number of pyridine rings is 1. The number of Topliss-reactive ketones (excluding diaryl/α,β-unsaturated/α-hetero) is 1. The summed E-state index contributed by atoms with van der Waals surface area (Å²) in [6, 6.07) is 9.97. The summed E-state index contributed by atoms with van der Waals surface area (Å²) in [6.45, 7) is 20.7. The molecule has 0 bridgehead atoms. The molecule has 8 heteroatoms. The Morgan fingerprint density at radius 2 is 1.73 bits per heavy atom. The Bertz CT molecular complexity index is 1390. The van der Waals surface area contributed by atoms with Gasteiger partial charge in [-0.2, -0.15) is 18.4 Å². The van der Waals surface area contributed by atoms with Gasteiger partial charge in [-0.3, -0.25) is 14.8 Å². The van der Waals surface area contributed by atoms with Crippen LogP contribution in [0.15, 0.2) is 71.1 Å². The third kappa shape index (κ3) is 11.9. The molecule has 0 spiro atoms. The van der Waals surface area contributed by atoms with Gasteiger partial charge in [-0.05, 0) is 95.7 Å². The van der Waals surface area contributed by atoms with E-state index in [4.69, 9.17) is 10.00 Å². The molecule has 0 atom stereocenters. The number of alkyl halides is 3. The SMILES string of the molecule is C/C=C(/C)C(C)=NC.C=C(C)/C=C(\OC)C1(C(F)(F)F)CC1.CC.CC(=O)Cc1ccc(-c2cnc(C)c(C#N)c2)cc1C. The molecule has 3 rings (SSSR count). The van der Waals surface area contributed by atoms with Crippen molar-refractivity contribution >= 4 is 11.5 Å². The van der Waals surface area contributed by atoms with Crippen LogP contribution in [0.25, 0.3) is 11.1 Å². The number of allylic oxidation sites excluding steroid dienone is 5. The molecular weight excluding hydrogens is 563 g/mol. The minimum absolute atomic E-state index is 0.0162. The molecule has 0 unspecified atom stereocenters. The van der Waals surface area contributed by atoms with Crippen molar-refractivity contribution < 1.29 is 22.7 Å². The average molecular weight is 612 g/mol. The lowest BCUT2D eigenvalue weighted by Gasteiger charge is -2.21. The minimum Gasteiger partial charge on any atom is -0.500 e. The molecule has 240 valence electrons. The van der Waals surface area contributed by atoms with Crippen molar-refractivity contribution in [1.82, 2.24) is 4.98 Å². The van der Waals surface area contributed by atoms with Crippen LogP contribution >= 0.6 is 0 Å².